The fourth-order valence-electron chi connectivity index (χ4n) is 5.24. The number of carboxylic acid groups (broad SMARTS) is 2. The molecule has 1 aliphatic rings. The lowest BCUT2D eigenvalue weighted by Crippen LogP contribution is -2.45. The number of H-pyrrole nitrogens is 1. The van der Waals surface area contributed by atoms with E-state index in [0.29, 0.717) is 18.5 Å². The van der Waals surface area contributed by atoms with Crippen LogP contribution >= 0.6 is 11.3 Å². The van der Waals surface area contributed by atoms with Gasteiger partial charge in [0.05, 0.1) is 14.2 Å². The predicted molar refractivity (Wildman–Crippen MR) is 158 cm³/mol. The third-order valence-electron chi connectivity index (χ3n) is 7.28. The molecule has 0 saturated carbocycles. The van der Waals surface area contributed by atoms with E-state index in [1.807, 2.05) is 42.5 Å². The highest BCUT2D eigenvalue weighted by Gasteiger charge is 2.29. The highest BCUT2D eigenvalue weighted by Crippen LogP contribution is 2.42. The third-order valence-corrected chi connectivity index (χ3v) is 8.53. The topological polar surface area (TPSA) is 142 Å². The van der Waals surface area contributed by atoms with Crippen molar-refractivity contribution >= 4 is 44.3 Å². The molecule has 0 aliphatic carbocycles. The van der Waals surface area contributed by atoms with Crippen molar-refractivity contribution in [3.63, 3.8) is 0 Å². The lowest BCUT2D eigenvalue weighted by molar-refractivity contribution is -0.159. The summed E-state index contributed by atoms with van der Waals surface area (Å²) in [6.45, 7) is 6.17. The van der Waals surface area contributed by atoms with Gasteiger partial charge in [-0.1, -0.05) is 6.07 Å². The van der Waals surface area contributed by atoms with Crippen LogP contribution in [0.1, 0.15) is 36.3 Å². The maximum absolute atomic E-state index is 10.7. The van der Waals surface area contributed by atoms with Gasteiger partial charge in [0.1, 0.15) is 30.0 Å². The lowest BCUT2D eigenvalue weighted by atomic mass is 9.90. The van der Waals surface area contributed by atoms with Gasteiger partial charge < -0.3 is 34.5 Å². The molecule has 3 heterocycles. The van der Waals surface area contributed by atoms with Crippen LogP contribution in [-0.2, 0) is 9.59 Å². The van der Waals surface area contributed by atoms with Crippen LogP contribution in [-0.4, -0.2) is 83.2 Å². The monoisotopic (exact) mass is 584 g/mol. The molecule has 5 rings (SSSR count). The standard InChI is InChI=1S/C28H34N2O4S.C2H2O4/c1-17-10-22-24(29-17)6-5-7-25(22)34-16-20(31)15-30-9-8-19(11-18(30)2)27-14-23-26(33-4)12-21(32-3)13-28(23)35-27;3-1(4)2(5)6/h5-7,10,12-14,18-20,29,31H,8-9,11,15-16H2,1-4H3;(H,3,4)(H,5,6)/t18-,19-,20-;/m0./s1. The van der Waals surface area contributed by atoms with Gasteiger partial charge >= 0.3 is 11.9 Å². The zero-order valence-corrected chi connectivity index (χ0v) is 24.4. The van der Waals surface area contributed by atoms with E-state index >= 15 is 0 Å². The summed E-state index contributed by atoms with van der Waals surface area (Å²) in [5.41, 5.74) is 2.16. The Morgan fingerprint density at radius 2 is 1.83 bits per heavy atom. The number of carboxylic acids is 2. The van der Waals surface area contributed by atoms with Crippen LogP contribution < -0.4 is 14.2 Å². The molecule has 220 valence electrons. The van der Waals surface area contributed by atoms with E-state index in [1.54, 1.807) is 14.2 Å². The number of fused-ring (bicyclic) bond motifs is 2. The van der Waals surface area contributed by atoms with Gasteiger partial charge in [-0.05, 0) is 69.5 Å². The minimum Gasteiger partial charge on any atom is -0.497 e. The molecule has 1 saturated heterocycles. The summed E-state index contributed by atoms with van der Waals surface area (Å²) in [6.07, 6.45) is 1.61. The Balaban J connectivity index is 0.000000585. The van der Waals surface area contributed by atoms with Crippen molar-refractivity contribution in [3.8, 4) is 17.2 Å². The van der Waals surface area contributed by atoms with Gasteiger partial charge in [0.25, 0.3) is 0 Å². The summed E-state index contributed by atoms with van der Waals surface area (Å²) in [4.78, 5) is 25.3. The number of hydrogen-bond acceptors (Lipinski definition) is 8. The number of piperidine rings is 1. The first-order valence-electron chi connectivity index (χ1n) is 13.3. The molecule has 11 heteroatoms. The summed E-state index contributed by atoms with van der Waals surface area (Å²) in [5, 5.41) is 27.7. The largest absolute Gasteiger partial charge is 0.497 e. The van der Waals surface area contributed by atoms with Crippen LogP contribution in [0, 0.1) is 6.92 Å². The molecule has 4 N–H and O–H groups in total. The van der Waals surface area contributed by atoms with Gasteiger partial charge in [-0.15, -0.1) is 11.3 Å². The Hall–Kier alpha value is -3.80. The number of aromatic nitrogens is 1. The molecule has 10 nitrogen and oxygen atoms in total. The fraction of sp³-hybridized carbons (Fsp3) is 0.400. The molecule has 41 heavy (non-hydrogen) atoms. The number of methoxy groups -OCH3 is 2. The van der Waals surface area contributed by atoms with Gasteiger partial charge in [-0.2, -0.15) is 0 Å². The summed E-state index contributed by atoms with van der Waals surface area (Å²) in [6, 6.07) is 14.8. The Morgan fingerprint density at radius 1 is 1.07 bits per heavy atom. The maximum Gasteiger partial charge on any atom is 0.414 e. The third kappa shape index (κ3) is 7.29. The second-order valence-corrected chi connectivity index (χ2v) is 11.3. The first-order chi connectivity index (χ1) is 19.6. The number of benzene rings is 2. The number of aliphatic hydroxyl groups excluding tert-OH is 1. The first kappa shape index (κ1) is 30.2. The molecule has 3 atom stereocenters. The van der Waals surface area contributed by atoms with E-state index < -0.39 is 18.0 Å². The molecule has 1 fully saturated rings. The number of β-amino-alcohol motifs (C(OH)–C–C–N with tert-alkyl or cyclic N) is 1. The van der Waals surface area contributed by atoms with Crippen molar-refractivity contribution in [2.45, 2.75) is 44.8 Å². The summed E-state index contributed by atoms with van der Waals surface area (Å²) in [5.74, 6) is -0.636. The van der Waals surface area contributed by atoms with E-state index in [1.165, 1.54) is 9.58 Å². The molecule has 0 amide bonds. The summed E-state index contributed by atoms with van der Waals surface area (Å²) < 4.78 is 18.3. The van der Waals surface area contributed by atoms with Crippen molar-refractivity contribution in [3.05, 3.63) is 53.0 Å². The predicted octanol–water partition coefficient (Wildman–Crippen LogP) is 4.87. The van der Waals surface area contributed by atoms with Gasteiger partial charge in [0.2, 0.25) is 0 Å². The quantitative estimate of drug-likeness (QED) is 0.213. The molecule has 0 unspecified atom stereocenters. The molecular formula is C30H36N2O8S. The number of thiophene rings is 1. The number of aliphatic carboxylic acids is 2. The lowest BCUT2D eigenvalue weighted by Gasteiger charge is -2.38. The van der Waals surface area contributed by atoms with Crippen LogP contribution in [0.5, 0.6) is 17.2 Å². The Kier molecular flexibility index (Phi) is 9.74. The smallest absolute Gasteiger partial charge is 0.414 e. The number of hydrogen-bond donors (Lipinski definition) is 4. The molecule has 0 radical (unpaired) electrons. The molecule has 1 aliphatic heterocycles. The van der Waals surface area contributed by atoms with Crippen molar-refractivity contribution < 1.29 is 39.1 Å². The molecule has 2 aromatic heterocycles. The molecule has 0 spiro atoms. The molecule has 0 bridgehead atoms. The number of aromatic amines is 1. The van der Waals surface area contributed by atoms with Gasteiger partial charge in [-0.3, -0.25) is 4.90 Å². The molecule has 4 aromatic rings. The van der Waals surface area contributed by atoms with Crippen molar-refractivity contribution in [1.29, 1.82) is 0 Å². The van der Waals surface area contributed by atoms with Crippen LogP contribution in [0.15, 0.2) is 42.5 Å². The highest BCUT2D eigenvalue weighted by molar-refractivity contribution is 7.19. The van der Waals surface area contributed by atoms with E-state index in [0.717, 1.165) is 58.6 Å². The van der Waals surface area contributed by atoms with E-state index in [9.17, 15) is 5.11 Å². The van der Waals surface area contributed by atoms with Crippen molar-refractivity contribution in [2.75, 3.05) is 33.9 Å². The number of rotatable bonds is 8. The first-order valence-corrected chi connectivity index (χ1v) is 14.2. The van der Waals surface area contributed by atoms with E-state index in [4.69, 9.17) is 34.0 Å². The van der Waals surface area contributed by atoms with Gasteiger partial charge in [0.15, 0.2) is 0 Å². The second-order valence-electron chi connectivity index (χ2n) is 10.2. The zero-order valence-electron chi connectivity index (χ0n) is 23.5. The number of carbonyl (C=O) groups is 2. The minimum absolute atomic E-state index is 0.286. The van der Waals surface area contributed by atoms with Gasteiger partial charge in [-0.25, -0.2) is 9.59 Å². The second kappa shape index (κ2) is 13.2. The number of ether oxygens (including phenoxy) is 3. The Bertz CT molecular complexity index is 1500. The average Bonchev–Trinajstić information content (AvgIpc) is 3.55. The SMILES string of the molecule is COc1cc(OC)c2cc([C@H]3CCN(C[C@H](O)COc4cccc5[nH]c(C)cc45)[C@@H](C)C3)sc2c1.O=C(O)C(=O)O. The van der Waals surface area contributed by atoms with E-state index in [2.05, 4.69) is 35.0 Å². The Morgan fingerprint density at radius 3 is 2.49 bits per heavy atom. The number of likely N-dealkylation sites (tertiary alicyclic amines) is 1. The number of nitrogens with zero attached hydrogens (tertiary/aromatic N) is 1. The maximum atomic E-state index is 10.7. The van der Waals surface area contributed by atoms with Crippen molar-refractivity contribution in [2.24, 2.45) is 0 Å². The zero-order chi connectivity index (χ0) is 29.7. The Labute approximate surface area is 242 Å². The number of aliphatic hydroxyl groups is 1. The normalized spacial score (nSPS) is 18.0. The highest BCUT2D eigenvalue weighted by atomic mass is 32.1. The number of aryl methyl sites for hydroxylation is 1. The molecule has 2 aromatic carbocycles. The summed E-state index contributed by atoms with van der Waals surface area (Å²) >= 11 is 1.84. The molecular weight excluding hydrogens is 548 g/mol. The summed E-state index contributed by atoms with van der Waals surface area (Å²) in [7, 11) is 3.40. The number of nitrogens with one attached hydrogen (secondary N) is 1. The van der Waals surface area contributed by atoms with Gasteiger partial charge in [0, 0.05) is 50.2 Å². The van der Waals surface area contributed by atoms with Crippen molar-refractivity contribution in [1.82, 2.24) is 9.88 Å². The minimum atomic E-state index is -1.82. The van der Waals surface area contributed by atoms with E-state index in [-0.39, 0.29) is 6.61 Å². The van der Waals surface area contributed by atoms with Crippen LogP contribution in [0.25, 0.3) is 21.0 Å². The van der Waals surface area contributed by atoms with Crippen LogP contribution in [0.4, 0.5) is 0 Å². The fourth-order valence-corrected chi connectivity index (χ4v) is 6.50. The van der Waals surface area contributed by atoms with Crippen LogP contribution in [0.2, 0.25) is 0 Å². The van der Waals surface area contributed by atoms with Crippen LogP contribution in [0.3, 0.4) is 0 Å². The average molecular weight is 585 g/mol.